The third-order valence-electron chi connectivity index (χ3n) is 4.46. The van der Waals surface area contributed by atoms with Gasteiger partial charge < -0.3 is 15.2 Å². The van der Waals surface area contributed by atoms with Gasteiger partial charge >= 0.3 is 0 Å². The van der Waals surface area contributed by atoms with Crippen LogP contribution in [-0.2, 0) is 11.3 Å². The summed E-state index contributed by atoms with van der Waals surface area (Å²) in [5, 5.41) is 3.78. The van der Waals surface area contributed by atoms with Crippen LogP contribution in [0.25, 0.3) is 22.5 Å². The van der Waals surface area contributed by atoms with Crippen LogP contribution in [0.2, 0.25) is 5.02 Å². The van der Waals surface area contributed by atoms with Crippen molar-refractivity contribution in [3.8, 4) is 22.5 Å². The molecule has 1 amide bonds. The second kappa shape index (κ2) is 7.32. The summed E-state index contributed by atoms with van der Waals surface area (Å²) in [4.78, 5) is 22.1. The van der Waals surface area contributed by atoms with E-state index in [1.165, 1.54) is 0 Å². The summed E-state index contributed by atoms with van der Waals surface area (Å²) in [6.45, 7) is 2.36. The number of carbonyl (C=O) groups is 1. The maximum atomic E-state index is 12.1. The van der Waals surface area contributed by atoms with Crippen molar-refractivity contribution in [3.05, 3.63) is 65.4 Å². The topological polar surface area (TPSA) is 61.0 Å². The molecule has 132 valence electrons. The predicted octanol–water partition coefficient (Wildman–Crippen LogP) is 3.33. The summed E-state index contributed by atoms with van der Waals surface area (Å²) in [5.74, 6) is 0.881. The van der Waals surface area contributed by atoms with Gasteiger partial charge in [-0.3, -0.25) is 4.79 Å². The number of benzene rings is 2. The fraction of sp³-hybridized carbons (Fsp3) is 0.200. The van der Waals surface area contributed by atoms with E-state index < -0.39 is 0 Å². The largest absolute Gasteiger partial charge is 0.340 e. The number of H-pyrrole nitrogens is 1. The van der Waals surface area contributed by atoms with Crippen molar-refractivity contribution in [2.75, 3.05) is 19.6 Å². The highest BCUT2D eigenvalue weighted by Crippen LogP contribution is 2.31. The van der Waals surface area contributed by atoms with Crippen LogP contribution >= 0.6 is 11.6 Å². The van der Waals surface area contributed by atoms with Crippen LogP contribution in [-0.4, -0.2) is 40.4 Å². The number of rotatable bonds is 4. The Bertz CT molecular complexity index is 905. The minimum atomic E-state index is 0.0990. The molecule has 5 nitrogen and oxygen atoms in total. The van der Waals surface area contributed by atoms with Gasteiger partial charge in [-0.25, -0.2) is 4.98 Å². The number of aromatic amines is 1. The molecule has 0 bridgehead atoms. The van der Waals surface area contributed by atoms with Gasteiger partial charge in [-0.2, -0.15) is 0 Å². The molecule has 1 aliphatic rings. The first-order chi connectivity index (χ1) is 12.7. The fourth-order valence-electron chi connectivity index (χ4n) is 3.12. The Morgan fingerprint density at radius 3 is 2.54 bits per heavy atom. The molecular formula is C20H19ClN4O. The molecule has 26 heavy (non-hydrogen) atoms. The van der Waals surface area contributed by atoms with E-state index in [2.05, 4.69) is 10.3 Å². The van der Waals surface area contributed by atoms with E-state index in [9.17, 15) is 4.79 Å². The van der Waals surface area contributed by atoms with Gasteiger partial charge in [0, 0.05) is 29.2 Å². The molecule has 3 aromatic rings. The molecule has 1 fully saturated rings. The molecule has 0 radical (unpaired) electrons. The van der Waals surface area contributed by atoms with Crippen molar-refractivity contribution >= 4 is 17.5 Å². The number of nitrogens with zero attached hydrogens (tertiary/aromatic N) is 2. The fourth-order valence-corrected chi connectivity index (χ4v) is 3.25. The Morgan fingerprint density at radius 1 is 1.04 bits per heavy atom. The average molecular weight is 367 g/mol. The van der Waals surface area contributed by atoms with Crippen LogP contribution in [0.5, 0.6) is 0 Å². The van der Waals surface area contributed by atoms with E-state index in [4.69, 9.17) is 16.6 Å². The Balaban J connectivity index is 1.72. The normalized spacial score (nSPS) is 14.7. The molecule has 0 saturated carbocycles. The molecule has 2 N–H and O–H groups in total. The lowest BCUT2D eigenvalue weighted by molar-refractivity contribution is -0.132. The zero-order chi connectivity index (χ0) is 17.9. The van der Waals surface area contributed by atoms with Crippen molar-refractivity contribution in [2.45, 2.75) is 6.54 Å². The van der Waals surface area contributed by atoms with Gasteiger partial charge in [-0.05, 0) is 12.1 Å². The SMILES string of the molecule is O=C1CNCCN1Cc1nc(-c2ccc(Cl)cc2)c(-c2ccccc2)[nH]1. The maximum Gasteiger partial charge on any atom is 0.236 e. The highest BCUT2D eigenvalue weighted by molar-refractivity contribution is 6.30. The Kier molecular flexibility index (Phi) is 4.73. The standard InChI is InChI=1S/C20H19ClN4O/c21-16-8-6-15(7-9-16)20-19(14-4-2-1-3-5-14)23-17(24-20)13-25-11-10-22-12-18(25)26/h1-9,22H,10-13H2,(H,23,24). The van der Waals surface area contributed by atoms with Crippen LogP contribution in [0, 0.1) is 0 Å². The minimum Gasteiger partial charge on any atom is -0.340 e. The predicted molar refractivity (Wildman–Crippen MR) is 103 cm³/mol. The average Bonchev–Trinajstić information content (AvgIpc) is 3.09. The van der Waals surface area contributed by atoms with Gasteiger partial charge in [-0.15, -0.1) is 0 Å². The molecule has 1 aliphatic heterocycles. The lowest BCUT2D eigenvalue weighted by Crippen LogP contribution is -2.47. The third-order valence-corrected chi connectivity index (χ3v) is 4.71. The first-order valence-electron chi connectivity index (χ1n) is 8.59. The molecule has 0 spiro atoms. The van der Waals surface area contributed by atoms with Crippen molar-refractivity contribution in [3.63, 3.8) is 0 Å². The molecule has 0 unspecified atom stereocenters. The smallest absolute Gasteiger partial charge is 0.236 e. The van der Waals surface area contributed by atoms with Gasteiger partial charge in [0.25, 0.3) is 0 Å². The number of piperazine rings is 1. The van der Waals surface area contributed by atoms with E-state index in [1.807, 2.05) is 59.5 Å². The number of nitrogens with one attached hydrogen (secondary N) is 2. The van der Waals surface area contributed by atoms with E-state index in [0.717, 1.165) is 34.9 Å². The van der Waals surface area contributed by atoms with E-state index in [1.54, 1.807) is 0 Å². The molecule has 6 heteroatoms. The molecule has 0 atom stereocenters. The second-order valence-corrected chi connectivity index (χ2v) is 6.71. The van der Waals surface area contributed by atoms with Gasteiger partial charge in [0.05, 0.1) is 24.5 Å². The second-order valence-electron chi connectivity index (χ2n) is 6.27. The Hall–Kier alpha value is -2.63. The van der Waals surface area contributed by atoms with Crippen molar-refractivity contribution in [1.82, 2.24) is 20.2 Å². The monoisotopic (exact) mass is 366 g/mol. The van der Waals surface area contributed by atoms with E-state index >= 15 is 0 Å². The molecule has 1 saturated heterocycles. The highest BCUT2D eigenvalue weighted by Gasteiger charge is 2.21. The summed E-state index contributed by atoms with van der Waals surface area (Å²) in [5.41, 5.74) is 3.86. The molecule has 2 heterocycles. The lowest BCUT2D eigenvalue weighted by Gasteiger charge is -2.26. The van der Waals surface area contributed by atoms with E-state index in [-0.39, 0.29) is 5.91 Å². The maximum absolute atomic E-state index is 12.1. The summed E-state index contributed by atoms with van der Waals surface area (Å²) >= 11 is 6.03. The van der Waals surface area contributed by atoms with Gasteiger partial charge in [0.2, 0.25) is 5.91 Å². The number of hydrogen-bond acceptors (Lipinski definition) is 3. The van der Waals surface area contributed by atoms with Gasteiger partial charge in [-0.1, -0.05) is 54.1 Å². The van der Waals surface area contributed by atoms with Gasteiger partial charge in [0.15, 0.2) is 0 Å². The first-order valence-corrected chi connectivity index (χ1v) is 8.97. The van der Waals surface area contributed by atoms with Crippen LogP contribution in [0.3, 0.4) is 0 Å². The Morgan fingerprint density at radius 2 is 1.81 bits per heavy atom. The quantitative estimate of drug-likeness (QED) is 0.744. The zero-order valence-electron chi connectivity index (χ0n) is 14.2. The minimum absolute atomic E-state index is 0.0990. The van der Waals surface area contributed by atoms with Crippen LogP contribution < -0.4 is 5.32 Å². The number of amides is 1. The highest BCUT2D eigenvalue weighted by atomic mass is 35.5. The number of carbonyl (C=O) groups excluding carboxylic acids is 1. The van der Waals surface area contributed by atoms with Crippen LogP contribution in [0.1, 0.15) is 5.82 Å². The van der Waals surface area contributed by atoms with Gasteiger partial charge in [0.1, 0.15) is 5.82 Å². The number of hydrogen-bond donors (Lipinski definition) is 2. The van der Waals surface area contributed by atoms with Crippen molar-refractivity contribution in [2.24, 2.45) is 0 Å². The molecular weight excluding hydrogens is 348 g/mol. The number of halogens is 1. The lowest BCUT2D eigenvalue weighted by atomic mass is 10.1. The van der Waals surface area contributed by atoms with E-state index in [0.29, 0.717) is 24.7 Å². The molecule has 4 rings (SSSR count). The number of aromatic nitrogens is 2. The summed E-state index contributed by atoms with van der Waals surface area (Å²) < 4.78 is 0. The van der Waals surface area contributed by atoms with Crippen LogP contribution in [0.4, 0.5) is 0 Å². The van der Waals surface area contributed by atoms with Crippen molar-refractivity contribution < 1.29 is 4.79 Å². The molecule has 2 aromatic carbocycles. The van der Waals surface area contributed by atoms with Crippen LogP contribution in [0.15, 0.2) is 54.6 Å². The first kappa shape index (κ1) is 16.8. The third kappa shape index (κ3) is 3.49. The summed E-state index contributed by atoms with van der Waals surface area (Å²) in [7, 11) is 0. The molecule has 1 aromatic heterocycles. The van der Waals surface area contributed by atoms with Crippen molar-refractivity contribution in [1.29, 1.82) is 0 Å². The summed E-state index contributed by atoms with van der Waals surface area (Å²) in [6, 6.07) is 17.7. The Labute approximate surface area is 157 Å². The number of imidazole rings is 1. The zero-order valence-corrected chi connectivity index (χ0v) is 15.0. The summed E-state index contributed by atoms with van der Waals surface area (Å²) in [6.07, 6.45) is 0. The molecule has 0 aliphatic carbocycles.